The minimum Gasteiger partial charge on any atom is -0.383 e. The minimum absolute atomic E-state index is 0.0361. The number of alkyl halides is 3. The molecule has 4 rings (SSSR count). The topological polar surface area (TPSA) is 137 Å². The molecular formula is C20H18F3N7O2. The van der Waals surface area contributed by atoms with Gasteiger partial charge in [0.1, 0.15) is 11.6 Å². The largest absolute Gasteiger partial charge is 0.419 e. The average Bonchev–Trinajstić information content (AvgIpc) is 2.93. The SMILES string of the molecule is Nc1nc(N)c2c(n1)CCN(c1ncccc1C(F)(F)F)CC2c1ccc([N+](=O)[O-])cc1. The summed E-state index contributed by atoms with van der Waals surface area (Å²) in [5, 5.41) is 11.0. The fourth-order valence-electron chi connectivity index (χ4n) is 3.93. The Hall–Kier alpha value is -3.96. The molecule has 1 aromatic carbocycles. The summed E-state index contributed by atoms with van der Waals surface area (Å²) in [7, 11) is 0. The van der Waals surface area contributed by atoms with Crippen LogP contribution in [0.25, 0.3) is 0 Å². The molecule has 0 radical (unpaired) electrons. The van der Waals surface area contributed by atoms with Crippen LogP contribution in [0.15, 0.2) is 42.6 Å². The van der Waals surface area contributed by atoms with Crippen LogP contribution in [0, 0.1) is 10.1 Å². The summed E-state index contributed by atoms with van der Waals surface area (Å²) >= 11 is 0. The van der Waals surface area contributed by atoms with Crippen molar-refractivity contribution in [3.05, 3.63) is 75.1 Å². The van der Waals surface area contributed by atoms with E-state index in [0.717, 1.165) is 6.07 Å². The summed E-state index contributed by atoms with van der Waals surface area (Å²) in [6.45, 7) is 0.273. The Labute approximate surface area is 180 Å². The zero-order chi connectivity index (χ0) is 23.0. The van der Waals surface area contributed by atoms with Gasteiger partial charge in [0, 0.05) is 49.3 Å². The number of hydrogen-bond donors (Lipinski definition) is 2. The van der Waals surface area contributed by atoms with Crippen LogP contribution in [0.5, 0.6) is 0 Å². The molecule has 4 N–H and O–H groups in total. The lowest BCUT2D eigenvalue weighted by molar-refractivity contribution is -0.384. The van der Waals surface area contributed by atoms with E-state index in [1.807, 2.05) is 0 Å². The number of pyridine rings is 1. The van der Waals surface area contributed by atoms with Gasteiger partial charge in [0.2, 0.25) is 5.95 Å². The molecule has 32 heavy (non-hydrogen) atoms. The van der Waals surface area contributed by atoms with Gasteiger partial charge in [-0.1, -0.05) is 12.1 Å². The maximum Gasteiger partial charge on any atom is 0.419 e. The second-order valence-electron chi connectivity index (χ2n) is 7.30. The third kappa shape index (κ3) is 3.98. The molecule has 12 heteroatoms. The average molecular weight is 445 g/mol. The Morgan fingerprint density at radius 2 is 1.84 bits per heavy atom. The van der Waals surface area contributed by atoms with Gasteiger partial charge in [-0.05, 0) is 17.7 Å². The van der Waals surface area contributed by atoms with Crippen LogP contribution in [0.3, 0.4) is 0 Å². The molecule has 0 fully saturated rings. The van der Waals surface area contributed by atoms with Gasteiger partial charge < -0.3 is 16.4 Å². The normalized spacial score (nSPS) is 16.3. The van der Waals surface area contributed by atoms with E-state index in [2.05, 4.69) is 15.0 Å². The fourth-order valence-corrected chi connectivity index (χ4v) is 3.93. The maximum absolute atomic E-state index is 13.6. The second-order valence-corrected chi connectivity index (χ2v) is 7.30. The van der Waals surface area contributed by atoms with E-state index in [1.54, 1.807) is 12.1 Å². The standard InChI is InChI=1S/C20H18F3N7O2/c21-20(22,23)14-2-1-8-26-18(14)29-9-7-15-16(17(24)28-19(25)27-15)13(10-29)11-3-5-12(6-4-11)30(31)32/h1-6,8,13H,7,9-10H2,(H4,24,25,27,28). The molecule has 0 saturated heterocycles. The Balaban J connectivity index is 1.83. The summed E-state index contributed by atoms with van der Waals surface area (Å²) in [6.07, 6.45) is -3.02. The van der Waals surface area contributed by atoms with Gasteiger partial charge in [0.25, 0.3) is 5.69 Å². The van der Waals surface area contributed by atoms with Crippen molar-refractivity contribution in [1.82, 2.24) is 15.0 Å². The number of nitro groups is 1. The van der Waals surface area contributed by atoms with E-state index in [4.69, 9.17) is 11.5 Å². The molecular weight excluding hydrogens is 427 g/mol. The molecule has 1 atom stereocenters. The Bertz CT molecular complexity index is 1170. The van der Waals surface area contributed by atoms with Crippen molar-refractivity contribution in [2.45, 2.75) is 18.5 Å². The van der Waals surface area contributed by atoms with Crippen molar-refractivity contribution < 1.29 is 18.1 Å². The molecule has 0 saturated carbocycles. The molecule has 9 nitrogen and oxygen atoms in total. The first-order valence-electron chi connectivity index (χ1n) is 9.58. The van der Waals surface area contributed by atoms with Gasteiger partial charge in [0.05, 0.1) is 16.2 Å². The lowest BCUT2D eigenvalue weighted by atomic mass is 9.90. The highest BCUT2D eigenvalue weighted by molar-refractivity contribution is 5.57. The molecule has 0 aliphatic carbocycles. The van der Waals surface area contributed by atoms with Crippen molar-refractivity contribution in [2.24, 2.45) is 0 Å². The predicted molar refractivity (Wildman–Crippen MR) is 111 cm³/mol. The quantitative estimate of drug-likeness (QED) is 0.463. The number of anilines is 3. The van der Waals surface area contributed by atoms with Crippen molar-refractivity contribution in [3.63, 3.8) is 0 Å². The van der Waals surface area contributed by atoms with E-state index >= 15 is 0 Å². The highest BCUT2D eigenvalue weighted by atomic mass is 19.4. The van der Waals surface area contributed by atoms with Crippen molar-refractivity contribution in [3.8, 4) is 0 Å². The molecule has 0 spiro atoms. The second kappa shape index (κ2) is 7.94. The summed E-state index contributed by atoms with van der Waals surface area (Å²) in [6, 6.07) is 7.98. The van der Waals surface area contributed by atoms with E-state index < -0.39 is 22.6 Å². The van der Waals surface area contributed by atoms with Crippen LogP contribution in [0.2, 0.25) is 0 Å². The van der Waals surface area contributed by atoms with Crippen LogP contribution in [0.4, 0.5) is 36.4 Å². The Morgan fingerprint density at radius 1 is 1.12 bits per heavy atom. The number of halogens is 3. The third-order valence-corrected chi connectivity index (χ3v) is 5.34. The molecule has 3 aromatic rings. The zero-order valence-electron chi connectivity index (χ0n) is 16.6. The van der Waals surface area contributed by atoms with Gasteiger partial charge >= 0.3 is 6.18 Å². The molecule has 0 amide bonds. The minimum atomic E-state index is -4.59. The van der Waals surface area contributed by atoms with Crippen LogP contribution in [-0.4, -0.2) is 33.0 Å². The van der Waals surface area contributed by atoms with Crippen molar-refractivity contribution in [1.29, 1.82) is 0 Å². The summed E-state index contributed by atoms with van der Waals surface area (Å²) in [5.74, 6) is -0.683. The van der Waals surface area contributed by atoms with Gasteiger partial charge in [-0.3, -0.25) is 10.1 Å². The lowest BCUT2D eigenvalue weighted by Gasteiger charge is -2.28. The lowest BCUT2D eigenvalue weighted by Crippen LogP contribution is -2.31. The number of nitro benzene ring substituents is 1. The van der Waals surface area contributed by atoms with Crippen LogP contribution >= 0.6 is 0 Å². The smallest absolute Gasteiger partial charge is 0.383 e. The summed E-state index contributed by atoms with van der Waals surface area (Å²) < 4.78 is 40.9. The number of benzene rings is 1. The molecule has 1 aliphatic rings. The first kappa shape index (κ1) is 21.3. The van der Waals surface area contributed by atoms with E-state index in [0.29, 0.717) is 16.8 Å². The Kier molecular flexibility index (Phi) is 5.28. The van der Waals surface area contributed by atoms with Gasteiger partial charge in [-0.15, -0.1) is 0 Å². The summed E-state index contributed by atoms with van der Waals surface area (Å²) in [4.78, 5) is 24.3. The van der Waals surface area contributed by atoms with Gasteiger partial charge in [-0.25, -0.2) is 9.97 Å². The summed E-state index contributed by atoms with van der Waals surface area (Å²) in [5.41, 5.74) is 12.6. The van der Waals surface area contributed by atoms with Crippen molar-refractivity contribution in [2.75, 3.05) is 29.5 Å². The first-order valence-corrected chi connectivity index (χ1v) is 9.58. The monoisotopic (exact) mass is 445 g/mol. The highest BCUT2D eigenvalue weighted by Gasteiger charge is 2.37. The van der Waals surface area contributed by atoms with E-state index in [9.17, 15) is 23.3 Å². The number of nitrogens with zero attached hydrogens (tertiary/aromatic N) is 5. The Morgan fingerprint density at radius 3 is 2.50 bits per heavy atom. The number of fused-ring (bicyclic) bond motifs is 1. The molecule has 166 valence electrons. The van der Waals surface area contributed by atoms with Gasteiger partial charge in [-0.2, -0.15) is 18.2 Å². The maximum atomic E-state index is 13.6. The molecule has 1 unspecified atom stereocenters. The van der Waals surface area contributed by atoms with Crippen molar-refractivity contribution >= 4 is 23.3 Å². The van der Waals surface area contributed by atoms with Crippen LogP contribution < -0.4 is 16.4 Å². The van der Waals surface area contributed by atoms with E-state index in [-0.39, 0.29) is 42.8 Å². The molecule has 3 heterocycles. The molecule has 0 bridgehead atoms. The fraction of sp³-hybridized carbons (Fsp3) is 0.250. The molecule has 2 aromatic heterocycles. The number of hydrogen-bond acceptors (Lipinski definition) is 8. The number of rotatable bonds is 3. The predicted octanol–water partition coefficient (Wildman–Crippen LogP) is 3.16. The van der Waals surface area contributed by atoms with E-state index in [1.165, 1.54) is 29.3 Å². The van der Waals surface area contributed by atoms with Crippen LogP contribution in [-0.2, 0) is 12.6 Å². The number of nitrogen functional groups attached to an aromatic ring is 2. The van der Waals surface area contributed by atoms with Gasteiger partial charge in [0.15, 0.2) is 0 Å². The first-order chi connectivity index (χ1) is 15.1. The number of non-ortho nitro benzene ring substituents is 1. The number of aromatic nitrogens is 3. The highest BCUT2D eigenvalue weighted by Crippen LogP contribution is 2.39. The zero-order valence-corrected chi connectivity index (χ0v) is 16.6. The third-order valence-electron chi connectivity index (χ3n) is 5.34. The van der Waals surface area contributed by atoms with Crippen LogP contribution in [0.1, 0.15) is 28.3 Å². The number of nitrogens with two attached hydrogens (primary N) is 2. The molecule has 1 aliphatic heterocycles.